The predicted molar refractivity (Wildman–Crippen MR) is 67.6 cm³/mol. The van der Waals surface area contributed by atoms with E-state index < -0.39 is 10.0 Å². The highest BCUT2D eigenvalue weighted by atomic mass is 32.2. The van der Waals surface area contributed by atoms with E-state index in [0.717, 1.165) is 11.3 Å². The van der Waals surface area contributed by atoms with Gasteiger partial charge in [0, 0.05) is 0 Å². The highest BCUT2D eigenvalue weighted by molar-refractivity contribution is 7.91. The van der Waals surface area contributed by atoms with Crippen molar-refractivity contribution in [2.24, 2.45) is 11.1 Å². The van der Waals surface area contributed by atoms with Crippen molar-refractivity contribution >= 4 is 26.5 Å². The molecular formula is C9H17N3O3S2. The molecule has 0 aromatic carbocycles. The minimum atomic E-state index is -3.72. The van der Waals surface area contributed by atoms with Gasteiger partial charge in [0.1, 0.15) is 0 Å². The van der Waals surface area contributed by atoms with Crippen LogP contribution in [0.5, 0.6) is 0 Å². The molecule has 1 unspecified atom stereocenters. The van der Waals surface area contributed by atoms with E-state index in [1.54, 1.807) is 6.92 Å². The summed E-state index contributed by atoms with van der Waals surface area (Å²) in [7, 11) is -3.72. The molecule has 0 bridgehead atoms. The third-order valence-electron chi connectivity index (χ3n) is 2.32. The summed E-state index contributed by atoms with van der Waals surface area (Å²) in [5.74, 6) is 0.210. The second kappa shape index (κ2) is 5.30. The Morgan fingerprint density at radius 2 is 2.12 bits per heavy atom. The number of aliphatic hydroxyl groups excluding tert-OH is 1. The molecule has 6 nitrogen and oxygen atoms in total. The van der Waals surface area contributed by atoms with Crippen LogP contribution >= 0.6 is 11.3 Å². The van der Waals surface area contributed by atoms with Crippen LogP contribution < -0.4 is 10.5 Å². The number of nitrogens with one attached hydrogen (secondary N) is 1. The summed E-state index contributed by atoms with van der Waals surface area (Å²) in [5, 5.41) is 17.7. The van der Waals surface area contributed by atoms with Gasteiger partial charge in [-0.2, -0.15) is 0 Å². The van der Waals surface area contributed by atoms with E-state index in [9.17, 15) is 8.42 Å². The normalized spacial score (nSPS) is 14.0. The molecule has 0 saturated heterocycles. The van der Waals surface area contributed by atoms with Crippen LogP contribution in [0.3, 0.4) is 0 Å². The van der Waals surface area contributed by atoms with Gasteiger partial charge in [0.25, 0.3) is 0 Å². The Balaban J connectivity index is 2.95. The van der Waals surface area contributed by atoms with Gasteiger partial charge >= 0.3 is 0 Å². The number of nitrogens with two attached hydrogens (primary N) is 1. The molecule has 1 aromatic rings. The fourth-order valence-corrected chi connectivity index (χ4v) is 3.21. The minimum Gasteiger partial charge on any atom is -0.394 e. The maximum atomic E-state index is 11.2. The Hall–Kier alpha value is -0.700. The lowest BCUT2D eigenvalue weighted by atomic mass is 10.1. The fraction of sp³-hybridized carbons (Fsp3) is 0.667. The second-order valence-electron chi connectivity index (χ2n) is 4.11. The van der Waals surface area contributed by atoms with Gasteiger partial charge in [0.05, 0.1) is 18.3 Å². The monoisotopic (exact) mass is 279 g/mol. The molecule has 17 heavy (non-hydrogen) atoms. The molecule has 0 saturated carbocycles. The Kier molecular flexibility index (Phi) is 4.48. The van der Waals surface area contributed by atoms with Gasteiger partial charge in [-0.3, -0.25) is 0 Å². The summed E-state index contributed by atoms with van der Waals surface area (Å²) in [4.78, 5) is 4.08. The van der Waals surface area contributed by atoms with Crippen molar-refractivity contribution in [3.8, 4) is 0 Å². The van der Waals surface area contributed by atoms with Crippen molar-refractivity contribution in [1.29, 1.82) is 0 Å². The van der Waals surface area contributed by atoms with Gasteiger partial charge in [-0.05, 0) is 12.8 Å². The van der Waals surface area contributed by atoms with Crippen LogP contribution in [0.1, 0.15) is 19.5 Å². The lowest BCUT2D eigenvalue weighted by molar-refractivity contribution is 0.249. The van der Waals surface area contributed by atoms with Gasteiger partial charge in [-0.15, -0.1) is 0 Å². The third kappa shape index (κ3) is 3.63. The van der Waals surface area contributed by atoms with E-state index in [0.29, 0.717) is 10.8 Å². The molecular weight excluding hydrogens is 262 g/mol. The largest absolute Gasteiger partial charge is 0.394 e. The second-order valence-corrected chi connectivity index (χ2v) is 6.87. The Morgan fingerprint density at radius 3 is 2.47 bits per heavy atom. The summed E-state index contributed by atoms with van der Waals surface area (Å²) in [6, 6.07) is -0.158. The molecule has 0 fully saturated rings. The van der Waals surface area contributed by atoms with Crippen molar-refractivity contribution in [2.75, 3.05) is 11.9 Å². The number of aryl methyl sites for hydroxylation is 1. The SMILES string of the molecule is Cc1nc(NC(CO)C(C)C)sc1S(N)(=O)=O. The fourth-order valence-electron chi connectivity index (χ4n) is 1.29. The van der Waals surface area contributed by atoms with E-state index in [-0.39, 0.29) is 22.8 Å². The average molecular weight is 279 g/mol. The summed E-state index contributed by atoms with van der Waals surface area (Å²) in [6.07, 6.45) is 0. The van der Waals surface area contributed by atoms with E-state index in [2.05, 4.69) is 10.3 Å². The van der Waals surface area contributed by atoms with E-state index in [1.165, 1.54) is 0 Å². The number of sulfonamides is 1. The topological polar surface area (TPSA) is 105 Å². The van der Waals surface area contributed by atoms with Crippen molar-refractivity contribution in [3.05, 3.63) is 5.69 Å². The highest BCUT2D eigenvalue weighted by Crippen LogP contribution is 2.27. The molecule has 1 aromatic heterocycles. The number of rotatable bonds is 5. The lowest BCUT2D eigenvalue weighted by Crippen LogP contribution is -2.29. The smallest absolute Gasteiger partial charge is 0.249 e. The summed E-state index contributed by atoms with van der Waals surface area (Å²) < 4.78 is 22.5. The molecule has 0 aliphatic heterocycles. The first kappa shape index (κ1) is 14.4. The number of hydrogen-bond acceptors (Lipinski definition) is 6. The molecule has 0 radical (unpaired) electrons. The van der Waals surface area contributed by atoms with Gasteiger partial charge in [0.15, 0.2) is 9.34 Å². The molecule has 0 amide bonds. The maximum absolute atomic E-state index is 11.2. The number of primary sulfonamides is 1. The first-order valence-corrected chi connectivity index (χ1v) is 7.49. The van der Waals surface area contributed by atoms with Crippen molar-refractivity contribution in [2.45, 2.75) is 31.0 Å². The molecule has 1 atom stereocenters. The molecule has 8 heteroatoms. The maximum Gasteiger partial charge on any atom is 0.249 e. The van der Waals surface area contributed by atoms with Crippen LogP contribution in [0.25, 0.3) is 0 Å². The molecule has 1 rings (SSSR count). The van der Waals surface area contributed by atoms with Crippen LogP contribution in [0.2, 0.25) is 0 Å². The van der Waals surface area contributed by atoms with E-state index >= 15 is 0 Å². The zero-order chi connectivity index (χ0) is 13.2. The molecule has 4 N–H and O–H groups in total. The zero-order valence-corrected chi connectivity index (χ0v) is 11.6. The first-order chi connectivity index (χ1) is 7.75. The standard InChI is InChI=1S/C9H17N3O3S2/c1-5(2)7(4-13)12-9-11-6(3)8(16-9)17(10,14)15/h5,7,13H,4H2,1-3H3,(H,11,12)(H2,10,14,15). The quantitative estimate of drug-likeness (QED) is 0.729. The minimum absolute atomic E-state index is 0.0407. The van der Waals surface area contributed by atoms with Crippen LogP contribution in [0.4, 0.5) is 5.13 Å². The van der Waals surface area contributed by atoms with Crippen LogP contribution in [-0.2, 0) is 10.0 Å². The van der Waals surface area contributed by atoms with Crippen LogP contribution in [-0.4, -0.2) is 31.2 Å². The van der Waals surface area contributed by atoms with Crippen molar-refractivity contribution in [3.63, 3.8) is 0 Å². The third-order valence-corrected chi connectivity index (χ3v) is 4.97. The zero-order valence-electron chi connectivity index (χ0n) is 9.97. The number of thiazole rings is 1. The van der Waals surface area contributed by atoms with Crippen LogP contribution in [0, 0.1) is 12.8 Å². The van der Waals surface area contributed by atoms with E-state index in [4.69, 9.17) is 10.2 Å². The van der Waals surface area contributed by atoms with Gasteiger partial charge in [-0.1, -0.05) is 25.2 Å². The van der Waals surface area contributed by atoms with Gasteiger partial charge in [-0.25, -0.2) is 18.5 Å². The molecule has 98 valence electrons. The number of aliphatic hydroxyl groups is 1. The van der Waals surface area contributed by atoms with E-state index in [1.807, 2.05) is 13.8 Å². The number of nitrogens with zero attached hydrogens (tertiary/aromatic N) is 1. The lowest BCUT2D eigenvalue weighted by Gasteiger charge is -2.18. The first-order valence-electron chi connectivity index (χ1n) is 5.13. The summed E-state index contributed by atoms with van der Waals surface area (Å²) in [5.41, 5.74) is 0.375. The molecule has 0 aliphatic carbocycles. The summed E-state index contributed by atoms with van der Waals surface area (Å²) in [6.45, 7) is 5.45. The van der Waals surface area contributed by atoms with Gasteiger partial charge < -0.3 is 10.4 Å². The Morgan fingerprint density at radius 1 is 1.53 bits per heavy atom. The average Bonchev–Trinajstić information content (AvgIpc) is 2.55. The number of hydrogen-bond donors (Lipinski definition) is 3. The van der Waals surface area contributed by atoms with Crippen LogP contribution in [0.15, 0.2) is 4.21 Å². The number of anilines is 1. The molecule has 1 heterocycles. The predicted octanol–water partition coefficient (Wildman–Crippen LogP) is 0.528. The summed E-state index contributed by atoms with van der Waals surface area (Å²) >= 11 is 0.981. The molecule has 0 aliphatic rings. The molecule has 0 spiro atoms. The highest BCUT2D eigenvalue weighted by Gasteiger charge is 2.20. The Bertz CT molecular complexity index is 482. The number of aromatic nitrogens is 1. The Labute approximate surface area is 105 Å². The van der Waals surface area contributed by atoms with Crippen molar-refractivity contribution in [1.82, 2.24) is 4.98 Å². The van der Waals surface area contributed by atoms with Gasteiger partial charge in [0.2, 0.25) is 10.0 Å². The van der Waals surface area contributed by atoms with Crippen molar-refractivity contribution < 1.29 is 13.5 Å².